The molecule has 0 radical (unpaired) electrons. The van der Waals surface area contributed by atoms with Crippen molar-refractivity contribution in [1.29, 1.82) is 0 Å². The van der Waals surface area contributed by atoms with Crippen LogP contribution in [0.4, 0.5) is 0 Å². The first-order chi connectivity index (χ1) is 31.6. The summed E-state index contributed by atoms with van der Waals surface area (Å²) >= 11 is 0. The van der Waals surface area contributed by atoms with Crippen LogP contribution < -0.4 is 4.74 Å². The molecular weight excluding hydrogens is 745 g/mol. The Bertz CT molecular complexity index is 3300. The Balaban J connectivity index is 1.24. The van der Waals surface area contributed by atoms with Gasteiger partial charge in [-0.1, -0.05) is 114 Å². The number of ether oxygens (including phenoxy) is 1. The fraction of sp³-hybridized carbons (Fsp3) is 0.214. The molecule has 0 amide bonds. The molecule has 9 aromatic rings. The number of rotatable bonds is 7. The maximum absolute atomic E-state index is 8.55. The van der Waals surface area contributed by atoms with Gasteiger partial charge in [-0.3, -0.25) is 9.13 Å². The molecule has 3 heterocycles. The number of para-hydroxylation sites is 1. The average molecular weight is 805 g/mol. The molecule has 5 heteroatoms. The Hall–Kier alpha value is -6.72. The Labute approximate surface area is 368 Å². The van der Waals surface area contributed by atoms with E-state index in [9.17, 15) is 0 Å². The Kier molecular flexibility index (Phi) is 8.17. The maximum Gasteiger partial charge on any atom is 0.144 e. The summed E-state index contributed by atoms with van der Waals surface area (Å²) in [7, 11) is 0. The highest BCUT2D eigenvalue weighted by Gasteiger charge is 2.22. The van der Waals surface area contributed by atoms with E-state index in [0.717, 1.165) is 55.6 Å². The summed E-state index contributed by atoms with van der Waals surface area (Å²) in [5.41, 5.74) is 10.5. The van der Waals surface area contributed by atoms with Gasteiger partial charge in [0.15, 0.2) is 0 Å². The summed E-state index contributed by atoms with van der Waals surface area (Å²) in [6.07, 6.45) is 5.51. The molecule has 3 aromatic heterocycles. The standard InChI is InChI=1S/C56H54N4O/c1-35-16-15-17-36(2)52(35)40-30-41(54-58-26-27-59(54)53-37(3)28-42(29-38(53)4)55(5,6)7)32-44(31-40)61-43-22-23-47-46-19-12-14-21-49(46)60(50(47)34-43)51-33-39(24-25-57-51)45-18-11-13-20-48(45)56(8,9)10/h11-34H,1-10H3/i1D3,2D3. The van der Waals surface area contributed by atoms with Crippen LogP contribution in [0.2, 0.25) is 0 Å². The number of hydrogen-bond acceptors (Lipinski definition) is 3. The lowest BCUT2D eigenvalue weighted by atomic mass is 9.82. The molecule has 5 nitrogen and oxygen atoms in total. The molecule has 9 rings (SSSR count). The van der Waals surface area contributed by atoms with Gasteiger partial charge in [-0.2, -0.15) is 0 Å². The van der Waals surface area contributed by atoms with Crippen molar-refractivity contribution in [2.75, 3.05) is 0 Å². The van der Waals surface area contributed by atoms with E-state index in [1.165, 1.54) is 29.3 Å². The number of aromatic nitrogens is 4. The lowest BCUT2D eigenvalue weighted by Gasteiger charge is -2.23. The van der Waals surface area contributed by atoms with Crippen molar-refractivity contribution in [3.05, 3.63) is 179 Å². The van der Waals surface area contributed by atoms with Crippen LogP contribution in [0.25, 0.3) is 67.0 Å². The molecule has 0 N–H and O–H groups in total. The Morgan fingerprint density at radius 1 is 0.557 bits per heavy atom. The molecular formula is C56H54N4O. The van der Waals surface area contributed by atoms with Gasteiger partial charge in [0.05, 0.1) is 16.7 Å². The monoisotopic (exact) mass is 804 g/mol. The van der Waals surface area contributed by atoms with Crippen LogP contribution in [-0.4, -0.2) is 19.1 Å². The first kappa shape index (κ1) is 33.1. The largest absolute Gasteiger partial charge is 0.457 e. The van der Waals surface area contributed by atoms with Gasteiger partial charge in [0.1, 0.15) is 23.1 Å². The number of benzene rings is 6. The fourth-order valence-electron chi connectivity index (χ4n) is 8.75. The first-order valence-electron chi connectivity index (χ1n) is 23.8. The van der Waals surface area contributed by atoms with Crippen molar-refractivity contribution >= 4 is 21.8 Å². The number of imidazole rings is 1. The molecule has 0 bridgehead atoms. The van der Waals surface area contributed by atoms with E-state index in [0.29, 0.717) is 28.5 Å². The Morgan fingerprint density at radius 3 is 2.00 bits per heavy atom. The van der Waals surface area contributed by atoms with Crippen LogP contribution in [-0.2, 0) is 10.8 Å². The zero-order valence-corrected chi connectivity index (χ0v) is 36.1. The molecule has 0 aliphatic rings. The lowest BCUT2D eigenvalue weighted by molar-refractivity contribution is 0.483. The predicted molar refractivity (Wildman–Crippen MR) is 255 cm³/mol. The molecule has 0 saturated carbocycles. The van der Waals surface area contributed by atoms with Crippen molar-refractivity contribution in [2.45, 2.75) is 79.9 Å². The first-order valence-corrected chi connectivity index (χ1v) is 20.8. The van der Waals surface area contributed by atoms with Crippen LogP contribution in [0.1, 0.15) is 83.1 Å². The summed E-state index contributed by atoms with van der Waals surface area (Å²) in [4.78, 5) is 9.81. The van der Waals surface area contributed by atoms with E-state index in [1.807, 2.05) is 59.4 Å². The molecule has 0 saturated heterocycles. The van der Waals surface area contributed by atoms with Gasteiger partial charge in [0.25, 0.3) is 0 Å². The van der Waals surface area contributed by atoms with Crippen molar-refractivity contribution in [1.82, 2.24) is 19.1 Å². The zero-order valence-electron chi connectivity index (χ0n) is 42.1. The van der Waals surface area contributed by atoms with E-state index in [4.69, 9.17) is 22.9 Å². The van der Waals surface area contributed by atoms with Gasteiger partial charge in [-0.15, -0.1) is 0 Å². The topological polar surface area (TPSA) is 44.9 Å². The number of hydrogen-bond donors (Lipinski definition) is 0. The van der Waals surface area contributed by atoms with Crippen LogP contribution in [0.5, 0.6) is 11.5 Å². The molecule has 61 heavy (non-hydrogen) atoms. The van der Waals surface area contributed by atoms with Gasteiger partial charge in [-0.25, -0.2) is 9.97 Å². The highest BCUT2D eigenvalue weighted by molar-refractivity contribution is 6.09. The number of fused-ring (bicyclic) bond motifs is 3. The summed E-state index contributed by atoms with van der Waals surface area (Å²) < 4.78 is 62.4. The maximum atomic E-state index is 8.55. The van der Waals surface area contributed by atoms with Crippen LogP contribution in [0.15, 0.2) is 146 Å². The summed E-state index contributed by atoms with van der Waals surface area (Å²) in [6, 6.07) is 41.2. The minimum absolute atomic E-state index is 0.0563. The predicted octanol–water partition coefficient (Wildman–Crippen LogP) is 15.0. The van der Waals surface area contributed by atoms with Crippen molar-refractivity contribution in [3.8, 4) is 56.6 Å². The SMILES string of the molecule is [2H]C([2H])([2H])c1cccc(C([2H])([2H])[2H])c1-c1cc(Oc2ccc3c4ccccc4n(-c4cc(-c5ccccc5C(C)(C)C)ccn4)c3c2)cc(-c2nccn2-c2c(C)cc(C(C)(C)C)cc2C)c1. The third kappa shape index (κ3) is 7.33. The zero-order chi connectivity index (χ0) is 47.8. The van der Waals surface area contributed by atoms with Crippen molar-refractivity contribution in [3.63, 3.8) is 0 Å². The van der Waals surface area contributed by atoms with Crippen LogP contribution >= 0.6 is 0 Å². The molecule has 0 unspecified atom stereocenters. The van der Waals surface area contributed by atoms with E-state index in [2.05, 4.69) is 121 Å². The number of aryl methyl sites for hydroxylation is 4. The normalized spacial score (nSPS) is 14.0. The van der Waals surface area contributed by atoms with Crippen molar-refractivity contribution < 1.29 is 13.0 Å². The van der Waals surface area contributed by atoms with Crippen LogP contribution in [0, 0.1) is 27.6 Å². The third-order valence-electron chi connectivity index (χ3n) is 11.7. The molecule has 304 valence electrons. The molecule has 0 aliphatic heterocycles. The molecule has 0 fully saturated rings. The minimum Gasteiger partial charge on any atom is -0.457 e. The quantitative estimate of drug-likeness (QED) is 0.161. The molecule has 0 atom stereocenters. The van der Waals surface area contributed by atoms with Gasteiger partial charge in [0.2, 0.25) is 0 Å². The molecule has 6 aromatic carbocycles. The fourth-order valence-corrected chi connectivity index (χ4v) is 8.75. The van der Waals surface area contributed by atoms with E-state index < -0.39 is 13.7 Å². The molecule has 0 aliphatic carbocycles. The number of pyridine rings is 1. The third-order valence-corrected chi connectivity index (χ3v) is 11.7. The van der Waals surface area contributed by atoms with E-state index in [1.54, 1.807) is 12.3 Å². The summed E-state index contributed by atoms with van der Waals surface area (Å²) in [6.45, 7) is 12.2. The molecule has 0 spiro atoms. The van der Waals surface area contributed by atoms with Gasteiger partial charge < -0.3 is 4.74 Å². The second-order valence-corrected chi connectivity index (χ2v) is 18.1. The van der Waals surface area contributed by atoms with Crippen molar-refractivity contribution in [2.24, 2.45) is 0 Å². The van der Waals surface area contributed by atoms with E-state index >= 15 is 0 Å². The lowest BCUT2D eigenvalue weighted by Crippen LogP contribution is -2.13. The highest BCUT2D eigenvalue weighted by Crippen LogP contribution is 2.41. The summed E-state index contributed by atoms with van der Waals surface area (Å²) in [5, 5.41) is 2.07. The van der Waals surface area contributed by atoms with Gasteiger partial charge >= 0.3 is 0 Å². The smallest absolute Gasteiger partial charge is 0.144 e. The van der Waals surface area contributed by atoms with Gasteiger partial charge in [-0.05, 0) is 143 Å². The minimum atomic E-state index is -2.62. The number of nitrogens with zero attached hydrogens (tertiary/aromatic N) is 4. The highest BCUT2D eigenvalue weighted by atomic mass is 16.5. The summed E-state index contributed by atoms with van der Waals surface area (Å²) in [5.74, 6) is 2.22. The second-order valence-electron chi connectivity index (χ2n) is 18.1. The Morgan fingerprint density at radius 2 is 1.26 bits per heavy atom. The average Bonchev–Trinajstić information content (AvgIpc) is 3.87. The van der Waals surface area contributed by atoms with Crippen LogP contribution in [0.3, 0.4) is 0 Å². The van der Waals surface area contributed by atoms with Gasteiger partial charge in [0, 0.05) is 49.2 Å². The van der Waals surface area contributed by atoms with E-state index in [-0.39, 0.29) is 27.5 Å². The second kappa shape index (κ2) is 15.1.